The molecule has 0 saturated heterocycles. The highest BCUT2D eigenvalue weighted by Gasteiger charge is 2.17. The van der Waals surface area contributed by atoms with Gasteiger partial charge in [-0.1, -0.05) is 12.1 Å². The number of carbonyl (C=O) groups excluding carboxylic acids is 2. The number of rotatable bonds is 6. The highest BCUT2D eigenvalue weighted by molar-refractivity contribution is 7.10. The molecule has 2 amide bonds. The van der Waals surface area contributed by atoms with Gasteiger partial charge in [0.2, 0.25) is 0 Å². The molecular weight excluding hydrogens is 344 g/mol. The fourth-order valence-electron chi connectivity index (χ4n) is 2.13. The number of hydrogen-bond donors (Lipinski definition) is 2. The lowest BCUT2D eigenvalue weighted by Crippen LogP contribution is -2.24. The second kappa shape index (κ2) is 7.41. The average molecular weight is 360 g/mol. The molecule has 0 aliphatic carbocycles. The standard InChI is InChI=1S/C16H16N4O2S2/c1-20-14(16(22)18-10-12-5-3-7-24-12)8-13(19-20)15(21)17-9-11-4-2-6-23-11/h2-8H,9-10H2,1H3,(H,17,21)(H,18,22). The molecule has 3 heterocycles. The van der Waals surface area contributed by atoms with Crippen molar-refractivity contribution in [1.82, 2.24) is 20.4 Å². The van der Waals surface area contributed by atoms with Gasteiger partial charge in [-0.25, -0.2) is 0 Å². The molecule has 0 aliphatic rings. The van der Waals surface area contributed by atoms with Crippen LogP contribution in [0.25, 0.3) is 0 Å². The number of nitrogens with zero attached hydrogens (tertiary/aromatic N) is 2. The summed E-state index contributed by atoms with van der Waals surface area (Å²) < 4.78 is 1.42. The van der Waals surface area contributed by atoms with Crippen molar-refractivity contribution in [2.45, 2.75) is 13.1 Å². The molecule has 24 heavy (non-hydrogen) atoms. The first kappa shape index (κ1) is 16.4. The molecule has 0 bridgehead atoms. The molecule has 124 valence electrons. The van der Waals surface area contributed by atoms with Crippen molar-refractivity contribution in [1.29, 1.82) is 0 Å². The predicted molar refractivity (Wildman–Crippen MR) is 94.2 cm³/mol. The minimum absolute atomic E-state index is 0.232. The molecule has 8 heteroatoms. The van der Waals surface area contributed by atoms with E-state index >= 15 is 0 Å². The van der Waals surface area contributed by atoms with Crippen molar-refractivity contribution in [3.05, 3.63) is 62.2 Å². The maximum absolute atomic E-state index is 12.2. The predicted octanol–water partition coefficient (Wildman–Crippen LogP) is 2.40. The fraction of sp³-hybridized carbons (Fsp3) is 0.188. The van der Waals surface area contributed by atoms with Crippen LogP contribution in [0.4, 0.5) is 0 Å². The molecule has 3 aromatic heterocycles. The Hall–Kier alpha value is -2.45. The second-order valence-electron chi connectivity index (χ2n) is 5.06. The largest absolute Gasteiger partial charge is 0.346 e. The molecule has 3 rings (SSSR count). The number of nitrogens with one attached hydrogen (secondary N) is 2. The van der Waals surface area contributed by atoms with Gasteiger partial charge in [0, 0.05) is 22.9 Å². The summed E-state index contributed by atoms with van der Waals surface area (Å²) in [5.74, 6) is -0.549. The minimum atomic E-state index is -0.295. The van der Waals surface area contributed by atoms with E-state index < -0.39 is 0 Å². The van der Waals surface area contributed by atoms with Crippen LogP contribution >= 0.6 is 22.7 Å². The van der Waals surface area contributed by atoms with Crippen molar-refractivity contribution in [2.24, 2.45) is 7.05 Å². The smallest absolute Gasteiger partial charge is 0.272 e. The SMILES string of the molecule is Cn1nc(C(=O)NCc2cccs2)cc1C(=O)NCc1cccs1. The summed E-state index contributed by atoms with van der Waals surface area (Å²) in [5.41, 5.74) is 0.586. The first-order valence-electron chi connectivity index (χ1n) is 7.28. The van der Waals surface area contributed by atoms with E-state index in [1.807, 2.05) is 35.0 Å². The minimum Gasteiger partial charge on any atom is -0.346 e. The third kappa shape index (κ3) is 3.90. The molecule has 0 aliphatic heterocycles. The summed E-state index contributed by atoms with van der Waals surface area (Å²) >= 11 is 3.15. The molecule has 0 fully saturated rings. The zero-order valence-electron chi connectivity index (χ0n) is 13.0. The van der Waals surface area contributed by atoms with Gasteiger partial charge in [0.05, 0.1) is 13.1 Å². The van der Waals surface area contributed by atoms with Gasteiger partial charge in [-0.15, -0.1) is 22.7 Å². The third-order valence-corrected chi connectivity index (χ3v) is 5.10. The normalized spacial score (nSPS) is 10.5. The molecule has 0 atom stereocenters. The molecule has 0 aromatic carbocycles. The molecule has 0 unspecified atom stereocenters. The number of aromatic nitrogens is 2. The highest BCUT2D eigenvalue weighted by atomic mass is 32.1. The quantitative estimate of drug-likeness (QED) is 0.709. The van der Waals surface area contributed by atoms with Gasteiger partial charge in [-0.2, -0.15) is 5.10 Å². The number of thiophene rings is 2. The van der Waals surface area contributed by atoms with Gasteiger partial charge in [-0.3, -0.25) is 14.3 Å². The second-order valence-corrected chi connectivity index (χ2v) is 7.13. The Morgan fingerprint density at radius 2 is 1.62 bits per heavy atom. The average Bonchev–Trinajstić information content (AvgIpc) is 3.31. The lowest BCUT2D eigenvalue weighted by atomic mass is 10.3. The molecule has 0 saturated carbocycles. The van der Waals surface area contributed by atoms with Crippen LogP contribution in [0, 0.1) is 0 Å². The Balaban J connectivity index is 1.61. The van der Waals surface area contributed by atoms with Crippen molar-refractivity contribution in [2.75, 3.05) is 0 Å². The Kier molecular flexibility index (Phi) is 5.07. The van der Waals surface area contributed by atoms with E-state index in [1.165, 1.54) is 10.7 Å². The van der Waals surface area contributed by atoms with Gasteiger partial charge in [0.25, 0.3) is 11.8 Å². The summed E-state index contributed by atoms with van der Waals surface area (Å²) in [4.78, 5) is 26.5. The summed E-state index contributed by atoms with van der Waals surface area (Å²) in [6, 6.07) is 9.28. The fourth-order valence-corrected chi connectivity index (χ4v) is 3.42. The van der Waals surface area contributed by atoms with Gasteiger partial charge < -0.3 is 10.6 Å². The van der Waals surface area contributed by atoms with Crippen LogP contribution in [0.3, 0.4) is 0 Å². The van der Waals surface area contributed by atoms with E-state index in [0.717, 1.165) is 9.75 Å². The van der Waals surface area contributed by atoms with Crippen molar-refractivity contribution >= 4 is 34.5 Å². The van der Waals surface area contributed by atoms with Gasteiger partial charge >= 0.3 is 0 Å². The van der Waals surface area contributed by atoms with Crippen molar-refractivity contribution < 1.29 is 9.59 Å². The number of amides is 2. The summed E-state index contributed by atoms with van der Waals surface area (Å²) in [5, 5.41) is 13.7. The zero-order valence-corrected chi connectivity index (χ0v) is 14.6. The molecule has 0 spiro atoms. The molecule has 6 nitrogen and oxygen atoms in total. The molecule has 3 aromatic rings. The number of hydrogen-bond acceptors (Lipinski definition) is 5. The van der Waals surface area contributed by atoms with E-state index in [2.05, 4.69) is 15.7 Å². The maximum atomic E-state index is 12.2. The summed E-state index contributed by atoms with van der Waals surface area (Å²) in [6.45, 7) is 0.911. The molecule has 2 N–H and O–H groups in total. The first-order chi connectivity index (χ1) is 11.6. The summed E-state index contributed by atoms with van der Waals surface area (Å²) in [6.07, 6.45) is 0. The third-order valence-electron chi connectivity index (χ3n) is 3.35. The Morgan fingerprint density at radius 1 is 1.04 bits per heavy atom. The maximum Gasteiger partial charge on any atom is 0.272 e. The highest BCUT2D eigenvalue weighted by Crippen LogP contribution is 2.10. The monoisotopic (exact) mass is 360 g/mol. The number of carbonyl (C=O) groups is 2. The van der Waals surface area contributed by atoms with E-state index in [9.17, 15) is 9.59 Å². The van der Waals surface area contributed by atoms with E-state index in [-0.39, 0.29) is 17.5 Å². The summed E-state index contributed by atoms with van der Waals surface area (Å²) in [7, 11) is 1.65. The van der Waals surface area contributed by atoms with Crippen LogP contribution in [0.2, 0.25) is 0 Å². The van der Waals surface area contributed by atoms with Crippen LogP contribution in [0.1, 0.15) is 30.7 Å². The Morgan fingerprint density at radius 3 is 2.17 bits per heavy atom. The lowest BCUT2D eigenvalue weighted by Gasteiger charge is -2.03. The van der Waals surface area contributed by atoms with Crippen molar-refractivity contribution in [3.63, 3.8) is 0 Å². The van der Waals surface area contributed by atoms with Crippen LogP contribution in [0.15, 0.2) is 41.1 Å². The Labute approximate surface area is 147 Å². The lowest BCUT2D eigenvalue weighted by molar-refractivity contribution is 0.0936. The van der Waals surface area contributed by atoms with Gasteiger partial charge in [0.15, 0.2) is 5.69 Å². The molecule has 0 radical (unpaired) electrons. The van der Waals surface area contributed by atoms with Crippen LogP contribution in [-0.2, 0) is 20.1 Å². The topological polar surface area (TPSA) is 76.0 Å². The zero-order chi connectivity index (χ0) is 16.9. The van der Waals surface area contributed by atoms with Crippen LogP contribution < -0.4 is 10.6 Å². The van der Waals surface area contributed by atoms with Crippen LogP contribution in [0.5, 0.6) is 0 Å². The van der Waals surface area contributed by atoms with E-state index in [4.69, 9.17) is 0 Å². The van der Waals surface area contributed by atoms with Crippen molar-refractivity contribution in [3.8, 4) is 0 Å². The number of aryl methyl sites for hydroxylation is 1. The van der Waals surface area contributed by atoms with E-state index in [1.54, 1.807) is 29.7 Å². The van der Waals surface area contributed by atoms with Gasteiger partial charge in [0.1, 0.15) is 5.69 Å². The molecular formula is C16H16N4O2S2. The van der Waals surface area contributed by atoms with Gasteiger partial charge in [-0.05, 0) is 22.9 Å². The first-order valence-corrected chi connectivity index (χ1v) is 9.04. The van der Waals surface area contributed by atoms with E-state index in [0.29, 0.717) is 18.8 Å². The van der Waals surface area contributed by atoms with Crippen LogP contribution in [-0.4, -0.2) is 21.6 Å². The Bertz CT molecular complexity index is 823.